The van der Waals surface area contributed by atoms with E-state index in [1.807, 2.05) is 13.1 Å². The minimum absolute atomic E-state index is 0.136. The highest BCUT2D eigenvalue weighted by Gasteiger charge is 2.42. The molecule has 0 saturated heterocycles. The van der Waals surface area contributed by atoms with Gasteiger partial charge in [0.05, 0.1) is 12.1 Å². The largest absolute Gasteiger partial charge is 0.394 e. The van der Waals surface area contributed by atoms with Crippen LogP contribution in [0.15, 0.2) is 6.07 Å². The van der Waals surface area contributed by atoms with E-state index in [0.717, 1.165) is 43.1 Å². The molecule has 5 nitrogen and oxygen atoms in total. The first-order chi connectivity index (χ1) is 8.21. The third-order valence-corrected chi connectivity index (χ3v) is 3.05. The van der Waals surface area contributed by atoms with Gasteiger partial charge in [-0.1, -0.05) is 6.92 Å². The highest BCUT2D eigenvalue weighted by atomic mass is 16.3. The van der Waals surface area contributed by atoms with E-state index < -0.39 is 0 Å². The van der Waals surface area contributed by atoms with Gasteiger partial charge in [0.1, 0.15) is 17.5 Å². The minimum atomic E-state index is -0.136. The molecule has 1 aromatic heterocycles. The molecule has 0 aliphatic heterocycles. The molecule has 0 amide bonds. The fraction of sp³-hybridized carbons (Fsp3) is 0.667. The summed E-state index contributed by atoms with van der Waals surface area (Å²) in [5.74, 6) is 2.47. The summed E-state index contributed by atoms with van der Waals surface area (Å²) in [6.45, 7) is 2.27. The summed E-state index contributed by atoms with van der Waals surface area (Å²) in [5, 5.41) is 15.6. The third kappa shape index (κ3) is 2.85. The van der Waals surface area contributed by atoms with Crippen molar-refractivity contribution in [3.8, 4) is 0 Å². The van der Waals surface area contributed by atoms with Gasteiger partial charge in [-0.2, -0.15) is 0 Å². The molecule has 1 fully saturated rings. The number of aromatic nitrogens is 2. The van der Waals surface area contributed by atoms with Crippen LogP contribution >= 0.6 is 0 Å². The van der Waals surface area contributed by atoms with Crippen molar-refractivity contribution in [2.24, 2.45) is 0 Å². The number of hydrogen-bond donors (Lipinski definition) is 3. The first kappa shape index (κ1) is 12.1. The van der Waals surface area contributed by atoms with Gasteiger partial charge in [0.15, 0.2) is 0 Å². The highest BCUT2D eigenvalue weighted by molar-refractivity contribution is 5.49. The van der Waals surface area contributed by atoms with Gasteiger partial charge in [0.2, 0.25) is 0 Å². The zero-order valence-corrected chi connectivity index (χ0v) is 10.5. The molecule has 3 N–H and O–H groups in total. The van der Waals surface area contributed by atoms with Crippen LogP contribution in [0.1, 0.15) is 32.0 Å². The molecule has 94 valence electrons. The van der Waals surface area contributed by atoms with Gasteiger partial charge in [0.25, 0.3) is 0 Å². The Bertz CT molecular complexity index is 390. The van der Waals surface area contributed by atoms with Crippen LogP contribution in [0, 0.1) is 0 Å². The summed E-state index contributed by atoms with van der Waals surface area (Å²) in [6.07, 6.45) is 3.91. The van der Waals surface area contributed by atoms with Crippen molar-refractivity contribution >= 4 is 11.6 Å². The standard InChI is InChI=1S/C12H20N4O/c1-3-4-9-14-10(13-2)7-11(15-9)16-12(8-17)5-6-12/h7,17H,3-6,8H2,1-2H3,(H2,13,14,15,16). The Labute approximate surface area is 102 Å². The molecule has 1 heterocycles. The molecule has 0 atom stereocenters. The number of nitrogens with one attached hydrogen (secondary N) is 2. The summed E-state index contributed by atoms with van der Waals surface area (Å²) >= 11 is 0. The number of aliphatic hydroxyl groups excluding tert-OH is 1. The Morgan fingerprint density at radius 3 is 2.59 bits per heavy atom. The van der Waals surface area contributed by atoms with Crippen molar-refractivity contribution in [3.05, 3.63) is 11.9 Å². The topological polar surface area (TPSA) is 70.1 Å². The van der Waals surface area contributed by atoms with E-state index in [4.69, 9.17) is 0 Å². The number of aryl methyl sites for hydroxylation is 1. The Morgan fingerprint density at radius 2 is 2.06 bits per heavy atom. The van der Waals surface area contributed by atoms with Gasteiger partial charge in [-0.05, 0) is 19.3 Å². The van der Waals surface area contributed by atoms with Crippen molar-refractivity contribution in [3.63, 3.8) is 0 Å². The quantitative estimate of drug-likeness (QED) is 0.696. The second-order valence-electron chi connectivity index (χ2n) is 4.62. The third-order valence-electron chi connectivity index (χ3n) is 3.05. The number of nitrogens with zero attached hydrogens (tertiary/aromatic N) is 2. The summed E-state index contributed by atoms with van der Waals surface area (Å²) < 4.78 is 0. The molecule has 1 aliphatic rings. The smallest absolute Gasteiger partial charge is 0.133 e. The van der Waals surface area contributed by atoms with Crippen LogP contribution in [0.5, 0.6) is 0 Å². The van der Waals surface area contributed by atoms with Crippen molar-refractivity contribution < 1.29 is 5.11 Å². The molecule has 0 spiro atoms. The Morgan fingerprint density at radius 1 is 1.35 bits per heavy atom. The van der Waals surface area contributed by atoms with Gasteiger partial charge in [-0.25, -0.2) is 9.97 Å². The monoisotopic (exact) mass is 236 g/mol. The fourth-order valence-electron chi connectivity index (χ4n) is 1.77. The SMILES string of the molecule is CCCc1nc(NC)cc(NC2(CO)CC2)n1. The molecule has 1 aromatic rings. The van der Waals surface area contributed by atoms with Crippen molar-refractivity contribution in [1.29, 1.82) is 0 Å². The Balaban J connectivity index is 2.17. The van der Waals surface area contributed by atoms with Crippen LogP contribution < -0.4 is 10.6 Å². The van der Waals surface area contributed by atoms with Crippen LogP contribution in [-0.4, -0.2) is 34.3 Å². The number of aliphatic hydroxyl groups is 1. The molecular weight excluding hydrogens is 216 g/mol. The van der Waals surface area contributed by atoms with E-state index >= 15 is 0 Å². The van der Waals surface area contributed by atoms with Gasteiger partial charge in [-0.15, -0.1) is 0 Å². The predicted octanol–water partition coefficient (Wildman–Crippen LogP) is 1.41. The predicted molar refractivity (Wildman–Crippen MR) is 68.2 cm³/mol. The van der Waals surface area contributed by atoms with E-state index in [2.05, 4.69) is 27.5 Å². The normalized spacial score (nSPS) is 16.6. The lowest BCUT2D eigenvalue weighted by Gasteiger charge is -2.16. The molecule has 1 saturated carbocycles. The maximum absolute atomic E-state index is 9.30. The molecular formula is C12H20N4O. The van der Waals surface area contributed by atoms with Gasteiger partial charge < -0.3 is 15.7 Å². The van der Waals surface area contributed by atoms with E-state index in [-0.39, 0.29) is 12.1 Å². The number of anilines is 2. The average molecular weight is 236 g/mol. The van der Waals surface area contributed by atoms with E-state index in [1.54, 1.807) is 0 Å². The first-order valence-electron chi connectivity index (χ1n) is 6.16. The van der Waals surface area contributed by atoms with Gasteiger partial charge in [0, 0.05) is 19.5 Å². The molecule has 0 unspecified atom stereocenters. The van der Waals surface area contributed by atoms with Crippen LogP contribution in [0.25, 0.3) is 0 Å². The minimum Gasteiger partial charge on any atom is -0.394 e. The van der Waals surface area contributed by atoms with E-state index in [9.17, 15) is 5.11 Å². The summed E-state index contributed by atoms with van der Waals surface area (Å²) in [5.41, 5.74) is -0.136. The lowest BCUT2D eigenvalue weighted by molar-refractivity contribution is 0.266. The van der Waals surface area contributed by atoms with Crippen LogP contribution in [0.2, 0.25) is 0 Å². The molecule has 5 heteroatoms. The Hall–Kier alpha value is -1.36. The highest BCUT2D eigenvalue weighted by Crippen LogP contribution is 2.38. The zero-order chi connectivity index (χ0) is 12.3. The van der Waals surface area contributed by atoms with Crippen molar-refractivity contribution in [2.75, 3.05) is 24.3 Å². The second kappa shape index (κ2) is 4.87. The molecule has 17 heavy (non-hydrogen) atoms. The number of rotatable bonds is 6. The maximum Gasteiger partial charge on any atom is 0.133 e. The second-order valence-corrected chi connectivity index (χ2v) is 4.62. The molecule has 2 rings (SSSR count). The fourth-order valence-corrected chi connectivity index (χ4v) is 1.77. The first-order valence-corrected chi connectivity index (χ1v) is 6.16. The molecule has 0 bridgehead atoms. The Kier molecular flexibility index (Phi) is 3.47. The average Bonchev–Trinajstić information content (AvgIpc) is 3.09. The molecule has 0 radical (unpaired) electrons. The summed E-state index contributed by atoms with van der Waals surface area (Å²) in [4.78, 5) is 8.86. The van der Waals surface area contributed by atoms with Gasteiger partial charge >= 0.3 is 0 Å². The van der Waals surface area contributed by atoms with E-state index in [1.165, 1.54) is 0 Å². The van der Waals surface area contributed by atoms with E-state index in [0.29, 0.717) is 0 Å². The van der Waals surface area contributed by atoms with Crippen LogP contribution in [0.4, 0.5) is 11.6 Å². The summed E-state index contributed by atoms with van der Waals surface area (Å²) in [6, 6.07) is 1.88. The lowest BCUT2D eigenvalue weighted by Crippen LogP contribution is -2.26. The summed E-state index contributed by atoms with van der Waals surface area (Å²) in [7, 11) is 1.85. The number of hydrogen-bond acceptors (Lipinski definition) is 5. The molecule has 0 aromatic carbocycles. The van der Waals surface area contributed by atoms with Crippen LogP contribution in [0.3, 0.4) is 0 Å². The van der Waals surface area contributed by atoms with Gasteiger partial charge in [-0.3, -0.25) is 0 Å². The molecule has 1 aliphatic carbocycles. The maximum atomic E-state index is 9.30. The van der Waals surface area contributed by atoms with Crippen molar-refractivity contribution in [2.45, 2.75) is 38.1 Å². The lowest BCUT2D eigenvalue weighted by atomic mass is 10.3. The van der Waals surface area contributed by atoms with Crippen LogP contribution in [-0.2, 0) is 6.42 Å². The zero-order valence-electron chi connectivity index (χ0n) is 10.5. The van der Waals surface area contributed by atoms with Crippen molar-refractivity contribution in [1.82, 2.24) is 9.97 Å².